The maximum absolute atomic E-state index is 12.7. The number of nitrogens with zero attached hydrogens (tertiary/aromatic N) is 3. The molecule has 30 heavy (non-hydrogen) atoms. The zero-order valence-corrected chi connectivity index (χ0v) is 15.4. The van der Waals surface area contributed by atoms with Gasteiger partial charge in [0.2, 0.25) is 0 Å². The SMILES string of the molecule is NC1=N[C@H]2[C@H](CO)N=C(N)N3C[C@H](OC(=O)c4ccc(C(F)(F)F)cc4)[C@H](O)[C@]23N1. The van der Waals surface area contributed by atoms with E-state index in [0.717, 1.165) is 24.3 Å². The number of hydrogen-bond donors (Lipinski definition) is 5. The number of alkyl halides is 3. The second kappa shape index (κ2) is 6.74. The molecule has 1 spiro atoms. The average Bonchev–Trinajstić information content (AvgIpc) is 3.18. The molecule has 0 aliphatic carbocycles. The summed E-state index contributed by atoms with van der Waals surface area (Å²) in [5, 5.41) is 23.5. The van der Waals surface area contributed by atoms with Crippen LogP contribution in [0.2, 0.25) is 0 Å². The van der Waals surface area contributed by atoms with Crippen molar-refractivity contribution in [3.05, 3.63) is 35.4 Å². The molecular weight excluding hydrogens is 409 g/mol. The van der Waals surface area contributed by atoms with Crippen molar-refractivity contribution in [2.45, 2.75) is 36.1 Å². The van der Waals surface area contributed by atoms with Crippen LogP contribution in [-0.4, -0.2) is 76.1 Å². The summed E-state index contributed by atoms with van der Waals surface area (Å²) in [6.07, 6.45) is -7.01. The number of carbonyl (C=O) groups excluding carboxylic acids is 1. The van der Waals surface area contributed by atoms with Gasteiger partial charge in [-0.2, -0.15) is 13.2 Å². The van der Waals surface area contributed by atoms with Crippen LogP contribution in [0.3, 0.4) is 0 Å². The van der Waals surface area contributed by atoms with Crippen molar-refractivity contribution < 1.29 is 32.9 Å². The Hall–Kier alpha value is -3.06. The molecule has 10 nitrogen and oxygen atoms in total. The predicted molar refractivity (Wildman–Crippen MR) is 97.1 cm³/mol. The largest absolute Gasteiger partial charge is 0.454 e. The molecule has 5 atom stereocenters. The molecule has 162 valence electrons. The Balaban J connectivity index is 1.56. The summed E-state index contributed by atoms with van der Waals surface area (Å²) in [5.74, 6) is -0.918. The first-order chi connectivity index (χ1) is 14.1. The number of guanidine groups is 2. The molecule has 0 saturated carbocycles. The molecule has 0 amide bonds. The van der Waals surface area contributed by atoms with E-state index in [1.165, 1.54) is 4.90 Å². The van der Waals surface area contributed by atoms with E-state index >= 15 is 0 Å². The van der Waals surface area contributed by atoms with Crippen LogP contribution < -0.4 is 16.8 Å². The maximum atomic E-state index is 12.7. The van der Waals surface area contributed by atoms with Crippen LogP contribution in [0.4, 0.5) is 13.2 Å². The Labute approximate surface area is 168 Å². The Bertz CT molecular complexity index is 921. The maximum Gasteiger partial charge on any atom is 0.416 e. The summed E-state index contributed by atoms with van der Waals surface area (Å²) in [5.41, 5.74) is 9.38. The highest BCUT2D eigenvalue weighted by Gasteiger charge is 2.66. The Morgan fingerprint density at radius 1 is 1.30 bits per heavy atom. The molecule has 1 fully saturated rings. The number of halogens is 3. The van der Waals surface area contributed by atoms with Crippen molar-refractivity contribution in [1.82, 2.24) is 10.2 Å². The number of aliphatic hydroxyl groups is 2. The van der Waals surface area contributed by atoms with Crippen LogP contribution >= 0.6 is 0 Å². The first-order valence-electron chi connectivity index (χ1n) is 8.97. The molecule has 1 aromatic carbocycles. The minimum absolute atomic E-state index is 0.00196. The highest BCUT2D eigenvalue weighted by Crippen LogP contribution is 2.40. The molecule has 0 unspecified atom stereocenters. The van der Waals surface area contributed by atoms with Gasteiger partial charge in [-0.3, -0.25) is 0 Å². The van der Waals surface area contributed by atoms with Gasteiger partial charge in [0, 0.05) is 0 Å². The number of benzene rings is 1. The zero-order valence-electron chi connectivity index (χ0n) is 15.4. The lowest BCUT2D eigenvalue weighted by Gasteiger charge is -2.45. The van der Waals surface area contributed by atoms with Gasteiger partial charge in [0.25, 0.3) is 0 Å². The van der Waals surface area contributed by atoms with Crippen LogP contribution in [0.5, 0.6) is 0 Å². The molecule has 3 aliphatic heterocycles. The minimum atomic E-state index is -4.53. The highest BCUT2D eigenvalue weighted by molar-refractivity contribution is 5.90. The van der Waals surface area contributed by atoms with Gasteiger partial charge in [-0.25, -0.2) is 14.8 Å². The fourth-order valence-corrected chi connectivity index (χ4v) is 4.13. The van der Waals surface area contributed by atoms with Crippen molar-refractivity contribution >= 4 is 17.9 Å². The molecule has 3 heterocycles. The van der Waals surface area contributed by atoms with E-state index in [4.69, 9.17) is 16.2 Å². The Kier molecular flexibility index (Phi) is 4.54. The van der Waals surface area contributed by atoms with E-state index in [1.807, 2.05) is 0 Å². The molecule has 7 N–H and O–H groups in total. The normalized spacial score (nSPS) is 32.6. The monoisotopic (exact) mass is 428 g/mol. The number of aliphatic imine (C=N–C) groups is 2. The second-order valence-electron chi connectivity index (χ2n) is 7.22. The lowest BCUT2D eigenvalue weighted by Crippen LogP contribution is -2.72. The summed E-state index contributed by atoms with van der Waals surface area (Å²) in [4.78, 5) is 22.3. The number of nitrogens with two attached hydrogens (primary N) is 2. The average molecular weight is 428 g/mol. The van der Waals surface area contributed by atoms with Gasteiger partial charge >= 0.3 is 12.1 Å². The first-order valence-corrected chi connectivity index (χ1v) is 8.97. The van der Waals surface area contributed by atoms with Crippen LogP contribution in [0.1, 0.15) is 15.9 Å². The summed E-state index contributed by atoms with van der Waals surface area (Å²) in [6, 6.07) is 1.96. The van der Waals surface area contributed by atoms with E-state index < -0.39 is 54.3 Å². The Morgan fingerprint density at radius 3 is 2.57 bits per heavy atom. The lowest BCUT2D eigenvalue weighted by atomic mass is 9.88. The molecule has 0 bridgehead atoms. The molecule has 0 aromatic heterocycles. The van der Waals surface area contributed by atoms with Crippen LogP contribution in [0.25, 0.3) is 0 Å². The minimum Gasteiger partial charge on any atom is -0.454 e. The third-order valence-corrected chi connectivity index (χ3v) is 5.50. The fraction of sp³-hybridized carbons (Fsp3) is 0.471. The number of hydrogen-bond acceptors (Lipinski definition) is 10. The number of ether oxygens (including phenoxy) is 1. The van der Waals surface area contributed by atoms with Gasteiger partial charge in [0.05, 0.1) is 24.3 Å². The van der Waals surface area contributed by atoms with Crippen molar-refractivity contribution in [2.24, 2.45) is 21.5 Å². The first kappa shape index (κ1) is 20.2. The fourth-order valence-electron chi connectivity index (χ4n) is 4.13. The molecule has 3 aliphatic rings. The van der Waals surface area contributed by atoms with Gasteiger partial charge < -0.3 is 36.6 Å². The van der Waals surface area contributed by atoms with E-state index in [-0.39, 0.29) is 24.0 Å². The molecular formula is C17H19F3N6O4. The van der Waals surface area contributed by atoms with E-state index in [9.17, 15) is 28.2 Å². The molecule has 1 saturated heterocycles. The van der Waals surface area contributed by atoms with Gasteiger partial charge in [-0.15, -0.1) is 0 Å². The number of nitrogens with one attached hydrogen (secondary N) is 1. The summed E-state index contributed by atoms with van der Waals surface area (Å²) in [7, 11) is 0. The highest BCUT2D eigenvalue weighted by atomic mass is 19.4. The summed E-state index contributed by atoms with van der Waals surface area (Å²) >= 11 is 0. The number of carbonyl (C=O) groups is 1. The van der Waals surface area contributed by atoms with Gasteiger partial charge in [0.15, 0.2) is 17.6 Å². The number of aliphatic hydroxyl groups excluding tert-OH is 2. The van der Waals surface area contributed by atoms with Crippen molar-refractivity contribution in [2.75, 3.05) is 13.2 Å². The quantitative estimate of drug-likeness (QED) is 0.367. The predicted octanol–water partition coefficient (Wildman–Crippen LogP) is -1.42. The number of esters is 1. The third-order valence-electron chi connectivity index (χ3n) is 5.50. The van der Waals surface area contributed by atoms with E-state index in [2.05, 4.69) is 15.3 Å². The van der Waals surface area contributed by atoms with Gasteiger partial charge in [0.1, 0.15) is 24.3 Å². The van der Waals surface area contributed by atoms with Crippen molar-refractivity contribution in [3.63, 3.8) is 0 Å². The third kappa shape index (κ3) is 2.92. The zero-order chi connectivity index (χ0) is 21.8. The standard InChI is InChI=1S/C17H19F3N6O4/c18-17(19,20)8-3-1-7(2-4-8)13(29)30-10-5-26-15(22)23-9(6-27)11-16(26,12(10)28)25-14(21)24-11/h1-4,9-12,27-28H,5-6H2,(H2,22,23)(H3,21,24,25)/t9-,10-,11-,12-,16-/m0/s1. The number of rotatable bonds is 3. The van der Waals surface area contributed by atoms with E-state index in [1.54, 1.807) is 0 Å². The lowest BCUT2D eigenvalue weighted by molar-refractivity contribution is -0.137. The molecule has 0 radical (unpaired) electrons. The summed E-state index contributed by atoms with van der Waals surface area (Å²) < 4.78 is 43.5. The van der Waals surface area contributed by atoms with Crippen molar-refractivity contribution in [3.8, 4) is 0 Å². The van der Waals surface area contributed by atoms with E-state index in [0.29, 0.717) is 0 Å². The molecule has 1 aromatic rings. The Morgan fingerprint density at radius 2 is 1.97 bits per heavy atom. The van der Waals surface area contributed by atoms with Crippen LogP contribution in [0, 0.1) is 0 Å². The summed E-state index contributed by atoms with van der Waals surface area (Å²) in [6.45, 7) is -0.463. The topological polar surface area (TPSA) is 159 Å². The van der Waals surface area contributed by atoms with Gasteiger partial charge in [-0.1, -0.05) is 0 Å². The van der Waals surface area contributed by atoms with Gasteiger partial charge in [-0.05, 0) is 24.3 Å². The van der Waals surface area contributed by atoms with Crippen molar-refractivity contribution in [1.29, 1.82) is 0 Å². The van der Waals surface area contributed by atoms with Crippen LogP contribution in [-0.2, 0) is 10.9 Å². The van der Waals surface area contributed by atoms with Crippen LogP contribution in [0.15, 0.2) is 34.3 Å². The molecule has 4 rings (SSSR count). The smallest absolute Gasteiger partial charge is 0.416 e. The molecule has 13 heteroatoms. The second-order valence-corrected chi connectivity index (χ2v) is 7.22.